The van der Waals surface area contributed by atoms with E-state index in [2.05, 4.69) is 10.6 Å². The van der Waals surface area contributed by atoms with E-state index in [9.17, 15) is 21.6 Å². The van der Waals surface area contributed by atoms with Gasteiger partial charge in [0.05, 0.1) is 77.8 Å². The summed E-state index contributed by atoms with van der Waals surface area (Å²) in [5.74, 6) is 2.71. The molecule has 0 amide bonds. The number of sulfone groups is 2. The molecule has 0 atom stereocenters. The Bertz CT molecular complexity index is 3460. The number of nitrogens with one attached hydrogen (secondary N) is 2. The minimum Gasteiger partial charge on any atom is -0.497 e. The SMILES string of the molecule is COc1ccc(COC(=O)CC2(CNc3nc(N4CCS(=O)(=O)c5ccccc5C4)nc4ccc(C)cc34)COC2)cc1.Cc1ccc2nc(N3CCS(=O)(=O)c4ccccc4C3)nc(NCC3(N)COC3)c2c1. The molecule has 7 aromatic rings. The third-order valence-electron chi connectivity index (χ3n) is 13.8. The van der Waals surface area contributed by atoms with Gasteiger partial charge in [-0.15, -0.1) is 0 Å². The van der Waals surface area contributed by atoms with Crippen LogP contribution in [0.4, 0.5) is 23.5 Å². The summed E-state index contributed by atoms with van der Waals surface area (Å²) in [5, 5.41) is 8.63. The molecule has 4 aliphatic rings. The van der Waals surface area contributed by atoms with Gasteiger partial charge in [-0.2, -0.15) is 9.97 Å². The van der Waals surface area contributed by atoms with Gasteiger partial charge in [0.1, 0.15) is 24.0 Å². The molecule has 2 fully saturated rings. The molecule has 6 heterocycles. The second-order valence-electron chi connectivity index (χ2n) is 19.7. The molecule has 4 N–H and O–H groups in total. The molecule has 18 nitrogen and oxygen atoms in total. The number of aromatic nitrogens is 4. The van der Waals surface area contributed by atoms with E-state index in [1.54, 1.807) is 31.4 Å². The lowest BCUT2D eigenvalue weighted by atomic mass is 9.82. The summed E-state index contributed by atoms with van der Waals surface area (Å²) in [6, 6.07) is 33.6. The highest BCUT2D eigenvalue weighted by Crippen LogP contribution is 2.35. The van der Waals surface area contributed by atoms with Crippen molar-refractivity contribution in [3.8, 4) is 5.75 Å². The number of methoxy groups -OCH3 is 1. The number of ether oxygens (including phenoxy) is 4. The van der Waals surface area contributed by atoms with E-state index in [0.717, 1.165) is 55.4 Å². The Hall–Kier alpha value is -6.97. The number of carbonyl (C=O) groups is 1. The number of hydrogen-bond acceptors (Lipinski definition) is 18. The Labute approximate surface area is 430 Å². The van der Waals surface area contributed by atoms with Crippen molar-refractivity contribution >= 4 is 71.0 Å². The van der Waals surface area contributed by atoms with E-state index in [1.165, 1.54) is 0 Å². The van der Waals surface area contributed by atoms with Crippen molar-refractivity contribution < 1.29 is 40.6 Å². The second-order valence-corrected chi connectivity index (χ2v) is 23.9. The lowest BCUT2D eigenvalue weighted by Gasteiger charge is -2.41. The molecule has 4 aliphatic heterocycles. The molecular weight excluding hydrogens is 983 g/mol. The highest BCUT2D eigenvalue weighted by Gasteiger charge is 2.42. The van der Waals surface area contributed by atoms with Crippen LogP contribution in [0.25, 0.3) is 21.8 Å². The molecule has 0 bridgehead atoms. The fraction of sp³-hybridized carbons (Fsp3) is 0.352. The summed E-state index contributed by atoms with van der Waals surface area (Å²) in [6.07, 6.45) is 0.200. The average molecular weight is 1040 g/mol. The second kappa shape index (κ2) is 20.7. The fourth-order valence-corrected chi connectivity index (χ4v) is 12.4. The summed E-state index contributed by atoms with van der Waals surface area (Å²) in [4.78, 5) is 36.7. The van der Waals surface area contributed by atoms with Crippen LogP contribution in [0.3, 0.4) is 0 Å². The molecule has 0 saturated carbocycles. The van der Waals surface area contributed by atoms with Gasteiger partial charge < -0.3 is 45.1 Å². The highest BCUT2D eigenvalue weighted by molar-refractivity contribution is 7.91. The Morgan fingerprint density at radius 2 is 1.16 bits per heavy atom. The zero-order chi connectivity index (χ0) is 51.7. The summed E-state index contributed by atoms with van der Waals surface area (Å²) in [5.41, 5.74) is 11.5. The van der Waals surface area contributed by atoms with Crippen LogP contribution in [-0.2, 0) is 58.4 Å². The Morgan fingerprint density at radius 1 is 0.662 bits per heavy atom. The van der Waals surface area contributed by atoms with Gasteiger partial charge in [-0.05, 0) is 79.1 Å². The molecule has 74 heavy (non-hydrogen) atoms. The first kappa shape index (κ1) is 50.6. The average Bonchev–Trinajstić information content (AvgIpc) is 3.61. The zero-order valence-corrected chi connectivity index (χ0v) is 43.2. The van der Waals surface area contributed by atoms with Crippen LogP contribution in [0.5, 0.6) is 5.75 Å². The van der Waals surface area contributed by atoms with Gasteiger partial charge >= 0.3 is 5.97 Å². The molecule has 0 spiro atoms. The standard InChI is InChI=1S/C32H34N4O6S.C22H25N5O3S/c1-22-7-12-27-26(15-22)30(35-31(34-27)36-13-14-43(38,39)28-6-4-3-5-24(28)17-36)33-19-32(20-41-21-32)16-29(37)42-18-23-8-10-25(40-2)11-9-23;1-15-6-7-18-17(10-15)20(24-12-22(23)13-30-14-22)26-21(25-18)27-8-9-31(28,29)19-5-3-2-4-16(19)11-27/h3-12,15H,13-14,16-21H2,1-2H3,(H,33,34,35);2-7,10H,8-9,11-14,23H2,1H3,(H,24,25,26). The number of nitrogens with zero attached hydrogens (tertiary/aromatic N) is 6. The van der Waals surface area contributed by atoms with Crippen LogP contribution < -0.4 is 30.9 Å². The summed E-state index contributed by atoms with van der Waals surface area (Å²) >= 11 is 0. The number of esters is 1. The quantitative estimate of drug-likeness (QED) is 0.110. The number of rotatable bonds is 13. The molecule has 0 aliphatic carbocycles. The van der Waals surface area contributed by atoms with E-state index in [-0.39, 0.29) is 37.0 Å². The van der Waals surface area contributed by atoms with Crippen molar-refractivity contribution in [2.24, 2.45) is 11.1 Å². The van der Waals surface area contributed by atoms with Gasteiger partial charge in [0.2, 0.25) is 11.9 Å². The molecule has 0 radical (unpaired) electrons. The van der Waals surface area contributed by atoms with Crippen LogP contribution >= 0.6 is 0 Å². The van der Waals surface area contributed by atoms with E-state index in [1.807, 2.05) is 109 Å². The molecule has 2 aromatic heterocycles. The van der Waals surface area contributed by atoms with Gasteiger partial charge in [0.25, 0.3) is 0 Å². The Balaban J connectivity index is 0.000000178. The monoisotopic (exact) mass is 1040 g/mol. The third kappa shape index (κ3) is 11.1. The van der Waals surface area contributed by atoms with Crippen LogP contribution in [-0.4, -0.2) is 120 Å². The third-order valence-corrected chi connectivity index (χ3v) is 17.3. The fourth-order valence-electron chi connectivity index (χ4n) is 9.38. The van der Waals surface area contributed by atoms with Crippen molar-refractivity contribution in [3.63, 3.8) is 0 Å². The molecule has 11 rings (SSSR count). The van der Waals surface area contributed by atoms with E-state index < -0.39 is 30.6 Å². The maximum absolute atomic E-state index is 12.9. The van der Waals surface area contributed by atoms with Gasteiger partial charge in [-0.3, -0.25) is 4.79 Å². The van der Waals surface area contributed by atoms with Crippen molar-refractivity contribution in [1.29, 1.82) is 0 Å². The van der Waals surface area contributed by atoms with Crippen molar-refractivity contribution in [2.45, 2.75) is 55.3 Å². The van der Waals surface area contributed by atoms with E-state index in [4.69, 9.17) is 44.6 Å². The van der Waals surface area contributed by atoms with Crippen molar-refractivity contribution in [3.05, 3.63) is 137 Å². The molecule has 386 valence electrons. The number of aryl methyl sites for hydroxylation is 2. The van der Waals surface area contributed by atoms with Gasteiger partial charge in [-0.25, -0.2) is 26.8 Å². The maximum atomic E-state index is 12.9. The predicted octanol–water partition coefficient (Wildman–Crippen LogP) is 6.17. The number of carbonyl (C=O) groups excluding carboxylic acids is 1. The van der Waals surface area contributed by atoms with Crippen LogP contribution in [0.1, 0.15) is 34.2 Å². The lowest BCUT2D eigenvalue weighted by Crippen LogP contribution is -2.61. The summed E-state index contributed by atoms with van der Waals surface area (Å²) < 4.78 is 72.9. The van der Waals surface area contributed by atoms with Crippen LogP contribution in [0.2, 0.25) is 0 Å². The number of fused-ring (bicyclic) bond motifs is 4. The first-order chi connectivity index (χ1) is 35.6. The zero-order valence-electron chi connectivity index (χ0n) is 41.5. The first-order valence-electron chi connectivity index (χ1n) is 24.5. The van der Waals surface area contributed by atoms with E-state index >= 15 is 0 Å². The van der Waals surface area contributed by atoms with Crippen LogP contribution in [0.15, 0.2) is 119 Å². The Kier molecular flexibility index (Phi) is 14.2. The summed E-state index contributed by atoms with van der Waals surface area (Å²) in [6.45, 7) is 8.46. The molecule has 0 unspecified atom stereocenters. The minimum atomic E-state index is -3.42. The smallest absolute Gasteiger partial charge is 0.306 e. The van der Waals surface area contributed by atoms with Crippen LogP contribution in [0, 0.1) is 19.3 Å². The Morgan fingerprint density at radius 3 is 1.64 bits per heavy atom. The first-order valence-corrected chi connectivity index (χ1v) is 27.8. The van der Waals surface area contributed by atoms with Gasteiger partial charge in [0, 0.05) is 55.5 Å². The topological polar surface area (TPSA) is 230 Å². The predicted molar refractivity (Wildman–Crippen MR) is 283 cm³/mol. The van der Waals surface area contributed by atoms with Crippen molar-refractivity contribution in [2.75, 3.05) is 91.7 Å². The molecule has 20 heteroatoms. The number of anilines is 4. The number of hydrogen-bond donors (Lipinski definition) is 3. The van der Waals surface area contributed by atoms with Crippen molar-refractivity contribution in [1.82, 2.24) is 19.9 Å². The highest BCUT2D eigenvalue weighted by atomic mass is 32.2. The molecule has 2 saturated heterocycles. The number of nitrogens with two attached hydrogens (primary N) is 1. The largest absolute Gasteiger partial charge is 0.497 e. The van der Waals surface area contributed by atoms with Gasteiger partial charge in [0.15, 0.2) is 19.7 Å². The lowest BCUT2D eigenvalue weighted by molar-refractivity contribution is -0.160. The van der Waals surface area contributed by atoms with Gasteiger partial charge in [-0.1, -0.05) is 71.8 Å². The molecular formula is C54H59N9O9S2. The minimum absolute atomic E-state index is 0.0192. The molecule has 5 aromatic carbocycles. The van der Waals surface area contributed by atoms with E-state index in [0.29, 0.717) is 92.5 Å². The summed E-state index contributed by atoms with van der Waals surface area (Å²) in [7, 11) is -5.16. The number of benzene rings is 5. The maximum Gasteiger partial charge on any atom is 0.306 e. The normalized spacial score (nSPS) is 17.9.